The van der Waals surface area contributed by atoms with Crippen LogP contribution < -0.4 is 5.73 Å². The Balaban J connectivity index is 5.50. The van der Waals surface area contributed by atoms with Crippen LogP contribution in [0.2, 0.25) is 0 Å². The zero-order valence-corrected chi connectivity index (χ0v) is 40.1. The summed E-state index contributed by atoms with van der Waals surface area (Å²) in [5.74, 6) is 0. The molecule has 0 aromatic heterocycles. The summed E-state index contributed by atoms with van der Waals surface area (Å²) in [5, 5.41) is 1.74. The molecule has 0 rings (SSSR count). The van der Waals surface area contributed by atoms with E-state index >= 15 is 0 Å². The zero-order valence-electron chi connectivity index (χ0n) is 39.2. The lowest BCUT2D eigenvalue weighted by Gasteiger charge is -2.36. The molecule has 0 fully saturated rings. The fraction of sp³-hybridized carbons (Fsp3) is 0.956. The van der Waals surface area contributed by atoms with Gasteiger partial charge in [0.2, 0.25) is 0 Å². The van der Waals surface area contributed by atoms with E-state index in [1.54, 1.807) is 19.6 Å². The first-order valence-corrected chi connectivity index (χ1v) is 22.5. The van der Waals surface area contributed by atoms with Crippen LogP contribution in [0.25, 0.3) is 0 Å². The molecule has 0 aliphatic carbocycles. The molecule has 0 aliphatic rings. The van der Waals surface area contributed by atoms with Gasteiger partial charge in [-0.05, 0) is 118 Å². The second kappa shape index (κ2) is 30.6. The van der Waals surface area contributed by atoms with E-state index in [9.17, 15) is 0 Å². The molecule has 0 aliphatic heterocycles. The third kappa shape index (κ3) is 27.3. The maximum absolute atomic E-state index is 6.88. The summed E-state index contributed by atoms with van der Waals surface area (Å²) >= 11 is 4.24. The van der Waals surface area contributed by atoms with Crippen molar-refractivity contribution in [3.8, 4) is 0 Å². The van der Waals surface area contributed by atoms with Gasteiger partial charge in [-0.25, -0.2) is 0 Å². The van der Waals surface area contributed by atoms with Crippen molar-refractivity contribution in [1.29, 1.82) is 0 Å². The quantitative estimate of drug-likeness (QED) is 0.0350. The van der Waals surface area contributed by atoms with Crippen LogP contribution >= 0.6 is 12.6 Å². The van der Waals surface area contributed by atoms with Gasteiger partial charge >= 0.3 is 0 Å². The number of hydrogen-bond acceptors (Lipinski definition) is 12. The van der Waals surface area contributed by atoms with Gasteiger partial charge in [-0.3, -0.25) is 0 Å². The third-order valence-corrected chi connectivity index (χ3v) is 11.5. The Morgan fingerprint density at radius 2 is 1.19 bits per heavy atom. The van der Waals surface area contributed by atoms with Crippen molar-refractivity contribution < 1.29 is 47.4 Å². The Morgan fingerprint density at radius 1 is 0.596 bits per heavy atom. The Bertz CT molecular complexity index is 1010. The standard InChI is InChI=1S/C45H91NO10S/c1-15-37(6)50-33-39(21-20-32-57)56-44(11,19-5)36-54-45(12,46)26-30-49-27-22-40(34-51-38(16-2)35-53-42(9,17-3)24-29-48-14)55-43(10,18-4)25-31-52-41(7,8)23-28-47-13/h20,32,37-40,57H,15-19,21-31,33-36,46H2,1-14H3. The maximum Gasteiger partial charge on any atom is 0.116 e. The molecule has 0 radical (unpaired) electrons. The summed E-state index contributed by atoms with van der Waals surface area (Å²) in [4.78, 5) is 0. The second-order valence-corrected chi connectivity index (χ2v) is 17.6. The van der Waals surface area contributed by atoms with Crippen molar-refractivity contribution in [2.24, 2.45) is 5.73 Å². The van der Waals surface area contributed by atoms with E-state index in [4.69, 9.17) is 53.1 Å². The van der Waals surface area contributed by atoms with Crippen LogP contribution in [0.5, 0.6) is 0 Å². The molecule has 8 atom stereocenters. The Kier molecular flexibility index (Phi) is 30.5. The summed E-state index contributed by atoms with van der Waals surface area (Å²) in [6.45, 7) is 29.9. The first kappa shape index (κ1) is 56.6. The SMILES string of the molecule is CCC(C)OCC(CC=CS)OC(C)(CC)COC(C)(N)CCOCCC(COC(CC)COC(C)(CC)CCOC)OC(C)(CC)CCOC(C)(C)CCOC. The summed E-state index contributed by atoms with van der Waals surface area (Å²) in [6.07, 6.45) is 10.4. The van der Waals surface area contributed by atoms with Crippen molar-refractivity contribution >= 4 is 12.6 Å². The molecular formula is C45H91NO10S. The van der Waals surface area contributed by atoms with Gasteiger partial charge in [0.1, 0.15) is 5.72 Å². The summed E-state index contributed by atoms with van der Waals surface area (Å²) < 4.78 is 61.8. The molecule has 342 valence electrons. The third-order valence-electron chi connectivity index (χ3n) is 11.3. The first-order chi connectivity index (χ1) is 26.8. The predicted molar refractivity (Wildman–Crippen MR) is 236 cm³/mol. The molecule has 0 saturated heterocycles. The number of rotatable bonds is 39. The smallest absolute Gasteiger partial charge is 0.116 e. The van der Waals surface area contributed by atoms with Crippen LogP contribution in [0.15, 0.2) is 11.5 Å². The van der Waals surface area contributed by atoms with E-state index in [0.29, 0.717) is 78.7 Å². The number of methoxy groups -OCH3 is 2. The maximum atomic E-state index is 6.88. The van der Waals surface area contributed by atoms with Crippen LogP contribution in [0.1, 0.15) is 154 Å². The molecule has 2 N–H and O–H groups in total. The van der Waals surface area contributed by atoms with Gasteiger partial charge in [0, 0.05) is 40.5 Å². The van der Waals surface area contributed by atoms with E-state index in [-0.39, 0.29) is 35.6 Å². The number of hydrogen-bond donors (Lipinski definition) is 2. The minimum absolute atomic E-state index is 0.0571. The lowest BCUT2D eigenvalue weighted by atomic mass is 9.98. The Hall–Kier alpha value is -0.350. The molecule has 0 aromatic carbocycles. The van der Waals surface area contributed by atoms with Crippen molar-refractivity contribution in [3.63, 3.8) is 0 Å². The predicted octanol–water partition coefficient (Wildman–Crippen LogP) is 9.47. The molecule has 12 heteroatoms. The number of thiol groups is 1. The first-order valence-electron chi connectivity index (χ1n) is 22.0. The molecule has 0 amide bonds. The molecule has 11 nitrogen and oxygen atoms in total. The van der Waals surface area contributed by atoms with Crippen LogP contribution in [-0.2, 0) is 47.4 Å². The van der Waals surface area contributed by atoms with Crippen LogP contribution in [-0.4, -0.2) is 126 Å². The highest BCUT2D eigenvalue weighted by Gasteiger charge is 2.33. The van der Waals surface area contributed by atoms with Gasteiger partial charge in [-0.2, -0.15) is 12.6 Å². The topological polar surface area (TPSA) is 118 Å². The fourth-order valence-corrected chi connectivity index (χ4v) is 5.83. The molecule has 57 heavy (non-hydrogen) atoms. The monoisotopic (exact) mass is 838 g/mol. The van der Waals surface area contributed by atoms with E-state index in [2.05, 4.69) is 88.8 Å². The van der Waals surface area contributed by atoms with Crippen molar-refractivity contribution in [1.82, 2.24) is 0 Å². The molecular weight excluding hydrogens is 747 g/mol. The van der Waals surface area contributed by atoms with Crippen LogP contribution in [0.3, 0.4) is 0 Å². The zero-order chi connectivity index (χ0) is 43.4. The van der Waals surface area contributed by atoms with Gasteiger partial charge in [-0.1, -0.05) is 40.7 Å². The van der Waals surface area contributed by atoms with Crippen molar-refractivity contribution in [3.05, 3.63) is 11.5 Å². The normalized spacial score (nSPS) is 19.1. The molecule has 8 unspecified atom stereocenters. The van der Waals surface area contributed by atoms with Gasteiger partial charge in [0.25, 0.3) is 0 Å². The second-order valence-electron chi connectivity index (χ2n) is 17.3. The molecule has 0 spiro atoms. The minimum Gasteiger partial charge on any atom is -0.385 e. The average Bonchev–Trinajstić information content (AvgIpc) is 3.19. The summed E-state index contributed by atoms with van der Waals surface area (Å²) in [7, 11) is 3.45. The van der Waals surface area contributed by atoms with E-state index < -0.39 is 16.9 Å². The fourth-order valence-electron chi connectivity index (χ4n) is 5.71. The number of nitrogens with two attached hydrogens (primary N) is 1. The van der Waals surface area contributed by atoms with E-state index in [1.807, 2.05) is 13.0 Å². The Labute approximate surface area is 356 Å². The highest BCUT2D eigenvalue weighted by Crippen LogP contribution is 2.27. The molecule has 0 aromatic rings. The number of ether oxygens (including phenoxy) is 10. The largest absolute Gasteiger partial charge is 0.385 e. The minimum atomic E-state index is -0.894. The summed E-state index contributed by atoms with van der Waals surface area (Å²) in [6, 6.07) is 0. The molecule has 0 bridgehead atoms. The van der Waals surface area contributed by atoms with E-state index in [0.717, 1.165) is 51.4 Å². The van der Waals surface area contributed by atoms with Gasteiger partial charge in [0.15, 0.2) is 0 Å². The van der Waals surface area contributed by atoms with Crippen molar-refractivity contribution in [2.45, 2.75) is 206 Å². The lowest BCUT2D eigenvalue weighted by Crippen LogP contribution is -2.47. The van der Waals surface area contributed by atoms with Gasteiger partial charge in [-0.15, -0.1) is 0 Å². The van der Waals surface area contributed by atoms with Crippen LogP contribution in [0.4, 0.5) is 0 Å². The highest BCUT2D eigenvalue weighted by atomic mass is 32.1. The van der Waals surface area contributed by atoms with Gasteiger partial charge < -0.3 is 53.1 Å². The average molecular weight is 838 g/mol. The van der Waals surface area contributed by atoms with Gasteiger partial charge in [0.05, 0.1) is 86.5 Å². The van der Waals surface area contributed by atoms with Crippen LogP contribution in [0, 0.1) is 0 Å². The van der Waals surface area contributed by atoms with Crippen molar-refractivity contribution in [2.75, 3.05) is 73.7 Å². The molecule has 0 heterocycles. The molecule has 0 saturated carbocycles. The lowest BCUT2D eigenvalue weighted by molar-refractivity contribution is -0.173. The van der Waals surface area contributed by atoms with E-state index in [1.165, 1.54) is 0 Å². The highest BCUT2D eigenvalue weighted by molar-refractivity contribution is 7.83. The Morgan fingerprint density at radius 3 is 1.77 bits per heavy atom. The summed E-state index contributed by atoms with van der Waals surface area (Å²) in [5.41, 5.74) is 4.30.